The fourth-order valence-corrected chi connectivity index (χ4v) is 5.49. The van der Waals surface area contributed by atoms with Crippen molar-refractivity contribution in [1.82, 2.24) is 24.4 Å². The molecular weight excluding hydrogens is 390 g/mol. The first-order valence-corrected chi connectivity index (χ1v) is 11.8. The summed E-state index contributed by atoms with van der Waals surface area (Å²) < 4.78 is 1.62. The number of rotatable bonds is 4. The van der Waals surface area contributed by atoms with E-state index in [4.69, 9.17) is 4.98 Å². The summed E-state index contributed by atoms with van der Waals surface area (Å²) in [6.07, 6.45) is 11.1. The van der Waals surface area contributed by atoms with Gasteiger partial charge in [-0.3, -0.25) is 19.6 Å². The Morgan fingerprint density at radius 2 is 2.13 bits per heavy atom. The number of H-pyrrole nitrogens is 1. The standard InChI is InChI=1S/C24H33N5O2/c1-16(2)23(30)28-12-10-18-20(15-28)25-22-13-19(26-29(22)24(18)31)21-9-6-11-27(21)14-17-7-4-3-5-8-17/h3-4,13,16-17,21,26H,5-12,14-15H2,1-2H3/t17-,21-/m0/s1. The van der Waals surface area contributed by atoms with E-state index in [2.05, 4.69) is 28.2 Å². The Bertz CT molecular complexity index is 1070. The molecule has 166 valence electrons. The molecule has 0 aromatic carbocycles. The Labute approximate surface area is 183 Å². The number of nitrogens with zero attached hydrogens (tertiary/aromatic N) is 4. The average molecular weight is 424 g/mol. The molecule has 5 rings (SSSR count). The molecule has 2 aromatic rings. The van der Waals surface area contributed by atoms with Gasteiger partial charge >= 0.3 is 0 Å². The van der Waals surface area contributed by atoms with Crippen LogP contribution in [-0.4, -0.2) is 49.9 Å². The second-order valence-electron chi connectivity index (χ2n) is 9.72. The average Bonchev–Trinajstić information content (AvgIpc) is 3.40. The quantitative estimate of drug-likeness (QED) is 0.767. The van der Waals surface area contributed by atoms with E-state index >= 15 is 0 Å². The van der Waals surface area contributed by atoms with Gasteiger partial charge in [0.1, 0.15) is 0 Å². The summed E-state index contributed by atoms with van der Waals surface area (Å²) >= 11 is 0. The lowest BCUT2D eigenvalue weighted by molar-refractivity contribution is -0.135. The molecule has 1 amide bonds. The van der Waals surface area contributed by atoms with Crippen molar-refractivity contribution >= 4 is 11.6 Å². The number of fused-ring (bicyclic) bond motifs is 2. The number of carbonyl (C=O) groups is 1. The highest BCUT2D eigenvalue weighted by Gasteiger charge is 2.31. The van der Waals surface area contributed by atoms with Crippen molar-refractivity contribution < 1.29 is 4.79 Å². The largest absolute Gasteiger partial charge is 0.336 e. The van der Waals surface area contributed by atoms with Crippen molar-refractivity contribution in [3.8, 4) is 0 Å². The number of aromatic amines is 1. The third-order valence-electron chi connectivity index (χ3n) is 7.18. The molecule has 3 aliphatic rings. The molecule has 2 aromatic heterocycles. The molecule has 0 saturated carbocycles. The van der Waals surface area contributed by atoms with Crippen LogP contribution in [0.2, 0.25) is 0 Å². The van der Waals surface area contributed by atoms with Gasteiger partial charge in [-0.05, 0) is 51.0 Å². The number of carbonyl (C=O) groups excluding carboxylic acids is 1. The molecule has 0 radical (unpaired) electrons. The summed E-state index contributed by atoms with van der Waals surface area (Å²) in [4.78, 5) is 34.8. The minimum atomic E-state index is -0.0433. The molecule has 0 spiro atoms. The summed E-state index contributed by atoms with van der Waals surface area (Å²) in [5.41, 5.74) is 3.25. The maximum Gasteiger partial charge on any atom is 0.276 e. The van der Waals surface area contributed by atoms with Crippen molar-refractivity contribution in [3.05, 3.63) is 45.5 Å². The molecule has 7 heteroatoms. The van der Waals surface area contributed by atoms with Crippen LogP contribution in [0.5, 0.6) is 0 Å². The van der Waals surface area contributed by atoms with Gasteiger partial charge in [-0.15, -0.1) is 0 Å². The monoisotopic (exact) mass is 423 g/mol. The molecule has 0 bridgehead atoms. The van der Waals surface area contributed by atoms with Crippen molar-refractivity contribution in [2.24, 2.45) is 11.8 Å². The van der Waals surface area contributed by atoms with Gasteiger partial charge in [-0.25, -0.2) is 9.50 Å². The topological polar surface area (TPSA) is 73.7 Å². The first-order chi connectivity index (χ1) is 15.0. The van der Waals surface area contributed by atoms with Crippen LogP contribution in [0.25, 0.3) is 5.65 Å². The number of hydrogen-bond acceptors (Lipinski definition) is 4. The van der Waals surface area contributed by atoms with Crippen molar-refractivity contribution in [1.29, 1.82) is 0 Å². The summed E-state index contributed by atoms with van der Waals surface area (Å²) in [5, 5.41) is 3.38. The molecule has 1 fully saturated rings. The fraction of sp³-hybridized carbons (Fsp3) is 0.625. The zero-order chi connectivity index (χ0) is 21.5. The highest BCUT2D eigenvalue weighted by Crippen LogP contribution is 2.33. The molecule has 1 N–H and O–H groups in total. The van der Waals surface area contributed by atoms with Crippen LogP contribution in [0.15, 0.2) is 23.0 Å². The SMILES string of the molecule is CC(C)C(=O)N1CCc2c(nc3cc([C@@H]4CCCN4C[C@H]4CC=CCC4)[nH]n3c2=O)C1. The predicted octanol–water partition coefficient (Wildman–Crippen LogP) is 3.06. The predicted molar refractivity (Wildman–Crippen MR) is 120 cm³/mol. The molecule has 1 saturated heterocycles. The van der Waals surface area contributed by atoms with Gasteiger partial charge in [0.2, 0.25) is 5.91 Å². The van der Waals surface area contributed by atoms with Gasteiger partial charge in [0, 0.05) is 30.6 Å². The maximum absolute atomic E-state index is 13.2. The van der Waals surface area contributed by atoms with Gasteiger partial charge < -0.3 is 4.90 Å². The Morgan fingerprint density at radius 3 is 2.90 bits per heavy atom. The Kier molecular flexibility index (Phi) is 5.46. The smallest absolute Gasteiger partial charge is 0.276 e. The second kappa shape index (κ2) is 8.26. The molecule has 7 nitrogen and oxygen atoms in total. The van der Waals surface area contributed by atoms with Crippen LogP contribution >= 0.6 is 0 Å². The number of nitrogens with one attached hydrogen (secondary N) is 1. The van der Waals surface area contributed by atoms with E-state index < -0.39 is 0 Å². The zero-order valence-corrected chi connectivity index (χ0v) is 18.6. The van der Waals surface area contributed by atoms with E-state index in [-0.39, 0.29) is 17.4 Å². The van der Waals surface area contributed by atoms with E-state index in [0.29, 0.717) is 31.2 Å². The number of hydrogen-bond donors (Lipinski definition) is 1. The first-order valence-electron chi connectivity index (χ1n) is 11.8. The zero-order valence-electron chi connectivity index (χ0n) is 18.6. The molecule has 31 heavy (non-hydrogen) atoms. The lowest BCUT2D eigenvalue weighted by Crippen LogP contribution is -2.41. The van der Waals surface area contributed by atoms with Gasteiger partial charge in [0.25, 0.3) is 5.56 Å². The maximum atomic E-state index is 13.2. The van der Waals surface area contributed by atoms with Gasteiger partial charge in [0.15, 0.2) is 5.65 Å². The van der Waals surface area contributed by atoms with Crippen LogP contribution in [0.3, 0.4) is 0 Å². The van der Waals surface area contributed by atoms with Crippen molar-refractivity contribution in [2.75, 3.05) is 19.6 Å². The molecule has 4 heterocycles. The Morgan fingerprint density at radius 1 is 1.26 bits per heavy atom. The third-order valence-corrected chi connectivity index (χ3v) is 7.18. The summed E-state index contributed by atoms with van der Waals surface area (Å²) in [6, 6.07) is 2.37. The Balaban J connectivity index is 1.41. The van der Waals surface area contributed by atoms with E-state index in [1.807, 2.05) is 18.7 Å². The second-order valence-corrected chi connectivity index (χ2v) is 9.72. The van der Waals surface area contributed by atoms with Crippen LogP contribution in [-0.2, 0) is 17.8 Å². The first kappa shape index (κ1) is 20.5. The third kappa shape index (κ3) is 3.84. The van der Waals surface area contributed by atoms with E-state index in [9.17, 15) is 9.59 Å². The van der Waals surface area contributed by atoms with E-state index in [1.165, 1.54) is 25.7 Å². The number of likely N-dealkylation sites (tertiary alicyclic amines) is 1. The van der Waals surface area contributed by atoms with Gasteiger partial charge in [-0.2, -0.15) is 0 Å². The molecule has 0 unspecified atom stereocenters. The van der Waals surface area contributed by atoms with E-state index in [0.717, 1.165) is 42.4 Å². The summed E-state index contributed by atoms with van der Waals surface area (Å²) in [7, 11) is 0. The minimum absolute atomic E-state index is 0.00939. The molecule has 2 aliphatic heterocycles. The minimum Gasteiger partial charge on any atom is -0.336 e. The van der Waals surface area contributed by atoms with Crippen LogP contribution in [0.4, 0.5) is 0 Å². The normalized spacial score (nSPS) is 24.3. The molecule has 1 aliphatic carbocycles. The van der Waals surface area contributed by atoms with Crippen LogP contribution in [0, 0.1) is 11.8 Å². The summed E-state index contributed by atoms with van der Waals surface area (Å²) in [6.45, 7) is 7.09. The van der Waals surface area contributed by atoms with E-state index in [1.54, 1.807) is 4.52 Å². The Hall–Kier alpha value is -2.41. The van der Waals surface area contributed by atoms with Gasteiger partial charge in [0.05, 0.1) is 24.0 Å². The van der Waals surface area contributed by atoms with Crippen molar-refractivity contribution in [2.45, 2.75) is 65.0 Å². The van der Waals surface area contributed by atoms with Crippen LogP contribution in [0.1, 0.15) is 68.9 Å². The molecule has 2 atom stereocenters. The summed E-state index contributed by atoms with van der Waals surface area (Å²) in [5.74, 6) is 0.812. The molecular formula is C24H33N5O2. The highest BCUT2D eigenvalue weighted by molar-refractivity contribution is 5.78. The van der Waals surface area contributed by atoms with Crippen molar-refractivity contribution in [3.63, 3.8) is 0 Å². The number of allylic oxidation sites excluding steroid dienone is 2. The van der Waals surface area contributed by atoms with Crippen LogP contribution < -0.4 is 5.56 Å². The number of aromatic nitrogens is 3. The lowest BCUT2D eigenvalue weighted by atomic mass is 9.93. The fourth-order valence-electron chi connectivity index (χ4n) is 5.49. The lowest BCUT2D eigenvalue weighted by Gasteiger charge is -2.29. The van der Waals surface area contributed by atoms with Gasteiger partial charge in [-0.1, -0.05) is 26.0 Å². The highest BCUT2D eigenvalue weighted by atomic mass is 16.2. The number of amides is 1.